The highest BCUT2D eigenvalue weighted by Crippen LogP contribution is 2.53. The smallest absolute Gasteiger partial charge is 0.247 e. The molecule has 2 aliphatic rings. The zero-order chi connectivity index (χ0) is 61.1. The first-order chi connectivity index (χ1) is 44.7. The molecule has 13 aromatic carbocycles. The third-order valence-corrected chi connectivity index (χ3v) is 19.3. The standard InChI is InChI=1S/C85H58BN5/c1-85(2,3)59-49-72-82(81-63(55-21-7-5-8-22-55)29-19-30-64(81)57-41-43-60(88-4)44-42-57)71-51-61(89-75-33-15-11-25-67(75)68-26-12-16-34-76(68)89)45-47-73(71)86-74-48-46-62(90-77-35-17-13-27-69(77)70-28-14-18-36-78(70)90)52-79(74)91(80(50-59)83(72)86)84-65(56-23-9-6-10-24-56)31-20-32-66(84)58-39-37-54(53-87)38-40-58/h5-52,82H,1-3H3. The minimum atomic E-state index is -0.320. The number of fused-ring (bicyclic) bond motifs is 10. The molecule has 0 fully saturated rings. The molecule has 1 unspecified atom stereocenters. The molecule has 0 bridgehead atoms. The van der Waals surface area contributed by atoms with E-state index in [-0.39, 0.29) is 18.0 Å². The largest absolute Gasteiger partial charge is 0.310 e. The molecule has 17 rings (SSSR count). The zero-order valence-electron chi connectivity index (χ0n) is 50.6. The van der Waals surface area contributed by atoms with Gasteiger partial charge >= 0.3 is 0 Å². The summed E-state index contributed by atoms with van der Waals surface area (Å²) >= 11 is 0. The van der Waals surface area contributed by atoms with E-state index in [1.165, 1.54) is 60.2 Å². The summed E-state index contributed by atoms with van der Waals surface area (Å²) < 4.78 is 4.93. The van der Waals surface area contributed by atoms with Crippen molar-refractivity contribution in [1.82, 2.24) is 9.13 Å². The highest BCUT2D eigenvalue weighted by atomic mass is 15.2. The molecule has 5 nitrogen and oxygen atoms in total. The van der Waals surface area contributed by atoms with Crippen molar-refractivity contribution in [3.8, 4) is 62.0 Å². The van der Waals surface area contributed by atoms with Gasteiger partial charge in [-0.2, -0.15) is 5.26 Å². The van der Waals surface area contributed by atoms with Crippen LogP contribution in [0.25, 0.3) is 104 Å². The van der Waals surface area contributed by atoms with Crippen LogP contribution in [0.2, 0.25) is 0 Å². The van der Waals surface area contributed by atoms with Crippen LogP contribution in [0.4, 0.5) is 22.7 Å². The number of aromatic nitrogens is 2. The monoisotopic (exact) mass is 1160 g/mol. The molecule has 2 aliphatic heterocycles. The Morgan fingerprint density at radius 1 is 0.418 bits per heavy atom. The summed E-state index contributed by atoms with van der Waals surface area (Å²) in [6, 6.07) is 109. The molecule has 91 heavy (non-hydrogen) atoms. The van der Waals surface area contributed by atoms with Crippen molar-refractivity contribution >= 4 is 89.5 Å². The predicted octanol–water partition coefficient (Wildman–Crippen LogP) is 20.1. The lowest BCUT2D eigenvalue weighted by molar-refractivity contribution is 0.589. The summed E-state index contributed by atoms with van der Waals surface area (Å²) in [6.45, 7) is 14.9. The van der Waals surface area contributed by atoms with Gasteiger partial charge in [0.1, 0.15) is 0 Å². The van der Waals surface area contributed by atoms with Crippen molar-refractivity contribution in [2.45, 2.75) is 32.1 Å². The number of anilines is 3. The summed E-state index contributed by atoms with van der Waals surface area (Å²) in [5.41, 5.74) is 28.3. The van der Waals surface area contributed by atoms with E-state index in [0.717, 1.165) is 95.0 Å². The Morgan fingerprint density at radius 3 is 1.38 bits per heavy atom. The van der Waals surface area contributed by atoms with E-state index >= 15 is 0 Å². The van der Waals surface area contributed by atoms with E-state index in [1.807, 2.05) is 24.3 Å². The zero-order valence-corrected chi connectivity index (χ0v) is 50.6. The maximum absolute atomic E-state index is 10.2. The van der Waals surface area contributed by atoms with Crippen molar-refractivity contribution < 1.29 is 0 Å². The fraction of sp³-hybridized carbons (Fsp3) is 0.0588. The topological polar surface area (TPSA) is 41.2 Å². The van der Waals surface area contributed by atoms with Gasteiger partial charge in [0.15, 0.2) is 5.69 Å². The van der Waals surface area contributed by atoms with Gasteiger partial charge in [-0.3, -0.25) is 0 Å². The number of hydrogen-bond donors (Lipinski definition) is 0. The number of rotatable bonds is 8. The Morgan fingerprint density at radius 2 is 0.868 bits per heavy atom. The Labute approximate surface area is 530 Å². The van der Waals surface area contributed by atoms with Crippen LogP contribution >= 0.6 is 0 Å². The first-order valence-electron chi connectivity index (χ1n) is 31.3. The Kier molecular flexibility index (Phi) is 12.3. The molecule has 2 aromatic heterocycles. The van der Waals surface area contributed by atoms with Crippen LogP contribution < -0.4 is 21.3 Å². The molecule has 0 N–H and O–H groups in total. The second-order valence-corrected chi connectivity index (χ2v) is 25.3. The summed E-state index contributed by atoms with van der Waals surface area (Å²) in [5, 5.41) is 15.1. The van der Waals surface area contributed by atoms with Gasteiger partial charge in [0, 0.05) is 61.3 Å². The van der Waals surface area contributed by atoms with Gasteiger partial charge < -0.3 is 14.0 Å². The lowest BCUT2D eigenvalue weighted by Crippen LogP contribution is -2.62. The van der Waals surface area contributed by atoms with E-state index in [2.05, 4.69) is 313 Å². The lowest BCUT2D eigenvalue weighted by atomic mass is 9.31. The van der Waals surface area contributed by atoms with E-state index < -0.39 is 0 Å². The van der Waals surface area contributed by atoms with E-state index in [9.17, 15) is 5.26 Å². The highest BCUT2D eigenvalue weighted by Gasteiger charge is 2.47. The SMILES string of the molecule is [C-]#[N+]c1ccc(-c2cccc(-c3ccccc3)c2C2c3cc(-n4c5ccccc5c5ccccc54)ccc3B3c4ccc(-n5c6ccccc6c6ccccc65)cc4N(c4c(-c5ccccc5)cccc4-c4ccc(C#N)cc4)c4cc(C(C)(C)C)cc2c43)cc1. The Bertz CT molecular complexity index is 5100. The van der Waals surface area contributed by atoms with Gasteiger partial charge in [0.2, 0.25) is 6.71 Å². The Balaban J connectivity index is 1.05. The fourth-order valence-corrected chi connectivity index (χ4v) is 15.2. The average molecular weight is 1160 g/mol. The average Bonchev–Trinajstić information content (AvgIpc) is 1.17. The molecular weight excluding hydrogens is 1100 g/mol. The second kappa shape index (κ2) is 21.0. The minimum absolute atomic E-state index is 0.219. The number of benzene rings is 13. The molecule has 6 heteroatoms. The summed E-state index contributed by atoms with van der Waals surface area (Å²) in [7, 11) is 0. The van der Waals surface area contributed by atoms with Crippen LogP contribution in [0.15, 0.2) is 291 Å². The molecule has 0 radical (unpaired) electrons. The van der Waals surface area contributed by atoms with Crippen LogP contribution in [-0.4, -0.2) is 15.8 Å². The first-order valence-corrected chi connectivity index (χ1v) is 31.3. The van der Waals surface area contributed by atoms with Crippen molar-refractivity contribution in [2.24, 2.45) is 0 Å². The van der Waals surface area contributed by atoms with Crippen molar-refractivity contribution in [3.05, 3.63) is 330 Å². The molecule has 0 spiro atoms. The number of para-hydroxylation sites is 5. The quantitative estimate of drug-likeness (QED) is 0.112. The molecule has 0 saturated heterocycles. The summed E-state index contributed by atoms with van der Waals surface area (Å²) in [5.74, 6) is -0.315. The summed E-state index contributed by atoms with van der Waals surface area (Å²) in [4.78, 5) is 6.50. The number of nitriles is 1. The maximum Gasteiger partial charge on any atom is 0.247 e. The van der Waals surface area contributed by atoms with Crippen molar-refractivity contribution in [2.75, 3.05) is 4.90 Å². The lowest BCUT2D eigenvalue weighted by Gasteiger charge is -2.45. The molecule has 426 valence electrons. The van der Waals surface area contributed by atoms with E-state index in [1.54, 1.807) is 0 Å². The normalized spacial score (nSPS) is 13.3. The van der Waals surface area contributed by atoms with Crippen LogP contribution in [0.1, 0.15) is 54.5 Å². The Hall–Kier alpha value is -11.7. The number of nitrogens with zero attached hydrogens (tertiary/aromatic N) is 5. The van der Waals surface area contributed by atoms with Gasteiger partial charge in [-0.25, -0.2) is 4.85 Å². The number of hydrogen-bond acceptors (Lipinski definition) is 2. The first kappa shape index (κ1) is 53.5. The van der Waals surface area contributed by atoms with Gasteiger partial charge in [-0.05, 0) is 139 Å². The van der Waals surface area contributed by atoms with Crippen LogP contribution in [0, 0.1) is 17.9 Å². The van der Waals surface area contributed by atoms with Crippen LogP contribution in [0.3, 0.4) is 0 Å². The van der Waals surface area contributed by atoms with E-state index in [0.29, 0.717) is 11.3 Å². The highest BCUT2D eigenvalue weighted by molar-refractivity contribution is 6.99. The predicted molar refractivity (Wildman–Crippen MR) is 380 cm³/mol. The third kappa shape index (κ3) is 8.45. The molecule has 0 amide bonds. The van der Waals surface area contributed by atoms with Gasteiger partial charge in [0.25, 0.3) is 0 Å². The molecule has 15 aromatic rings. The molecular formula is C85H58BN5. The third-order valence-electron chi connectivity index (χ3n) is 19.3. The minimum Gasteiger partial charge on any atom is -0.310 e. The molecule has 1 atom stereocenters. The maximum atomic E-state index is 10.2. The van der Waals surface area contributed by atoms with Crippen LogP contribution in [0.5, 0.6) is 0 Å². The van der Waals surface area contributed by atoms with Gasteiger partial charge in [0.05, 0.1) is 46.0 Å². The molecule has 0 aliphatic carbocycles. The van der Waals surface area contributed by atoms with Gasteiger partial charge in [-0.1, -0.05) is 251 Å². The van der Waals surface area contributed by atoms with Crippen molar-refractivity contribution in [1.29, 1.82) is 5.26 Å². The fourth-order valence-electron chi connectivity index (χ4n) is 15.2. The van der Waals surface area contributed by atoms with E-state index in [4.69, 9.17) is 6.57 Å². The van der Waals surface area contributed by atoms with Crippen LogP contribution in [-0.2, 0) is 5.41 Å². The van der Waals surface area contributed by atoms with Gasteiger partial charge in [-0.15, -0.1) is 0 Å². The van der Waals surface area contributed by atoms with Crippen molar-refractivity contribution in [3.63, 3.8) is 0 Å². The second-order valence-electron chi connectivity index (χ2n) is 25.3. The molecule has 0 saturated carbocycles. The molecule has 4 heterocycles. The summed E-state index contributed by atoms with van der Waals surface area (Å²) in [6.07, 6.45) is 0.